The molecule has 6 N–H and O–H groups in total. The Morgan fingerprint density at radius 3 is 1.72 bits per heavy atom. The molecule has 0 aliphatic carbocycles. The van der Waals surface area contributed by atoms with E-state index in [-0.39, 0.29) is 6.42 Å². The minimum absolute atomic E-state index is 0.0862. The second-order valence-corrected chi connectivity index (χ2v) is 7.76. The molecule has 0 aromatic carbocycles. The molecule has 1 unspecified atom stereocenters. The van der Waals surface area contributed by atoms with Crippen molar-refractivity contribution in [2.75, 3.05) is 0 Å². The van der Waals surface area contributed by atoms with Crippen LogP contribution in [0.5, 0.6) is 0 Å². The average molecular weight is 305 g/mol. The minimum atomic E-state index is -5.27. The molecule has 0 aliphatic heterocycles. The van der Waals surface area contributed by atoms with Crippen LogP contribution >= 0.6 is 15.2 Å². The van der Waals surface area contributed by atoms with E-state index in [1.165, 1.54) is 6.92 Å². The summed E-state index contributed by atoms with van der Waals surface area (Å²) in [5.41, 5.74) is 0. The highest BCUT2D eigenvalue weighted by Gasteiger charge is 2.60. The highest BCUT2D eigenvalue weighted by atomic mass is 31.2. The summed E-state index contributed by atoms with van der Waals surface area (Å²) < 4.78 is 22.7. The molecule has 1 atom stereocenters. The summed E-state index contributed by atoms with van der Waals surface area (Å²) in [5.74, 6) is -1.45. The van der Waals surface area contributed by atoms with E-state index in [0.717, 1.165) is 6.92 Å². The molecule has 11 heteroatoms. The lowest BCUT2D eigenvalue weighted by molar-refractivity contribution is -0.139. The molecule has 0 amide bonds. The Bertz CT molecular complexity index is 376. The van der Waals surface area contributed by atoms with Crippen molar-refractivity contribution in [1.82, 2.24) is 5.32 Å². The number of aliphatic carboxylic acids is 1. The maximum atomic E-state index is 11.4. The molecule has 0 saturated heterocycles. The largest absolute Gasteiger partial charge is 0.480 e. The van der Waals surface area contributed by atoms with Crippen LogP contribution in [0.15, 0.2) is 0 Å². The zero-order valence-corrected chi connectivity index (χ0v) is 11.6. The number of carbonyl (C=O) groups is 1. The third-order valence-corrected chi connectivity index (χ3v) is 6.95. The summed E-state index contributed by atoms with van der Waals surface area (Å²) in [6, 6.07) is -1.47. The number of hydrogen-bond donors (Lipinski definition) is 6. The summed E-state index contributed by atoms with van der Waals surface area (Å²) in [4.78, 5) is 47.4. The monoisotopic (exact) mass is 305 g/mol. The van der Waals surface area contributed by atoms with Crippen molar-refractivity contribution < 1.29 is 38.6 Å². The van der Waals surface area contributed by atoms with Gasteiger partial charge in [-0.1, -0.05) is 13.8 Å². The van der Waals surface area contributed by atoms with Crippen LogP contribution in [0.3, 0.4) is 0 Å². The first-order chi connectivity index (χ1) is 7.93. The molecule has 0 spiro atoms. The van der Waals surface area contributed by atoms with Crippen LogP contribution in [0.2, 0.25) is 0 Å². The molecule has 9 nitrogen and oxygen atoms in total. The van der Waals surface area contributed by atoms with Crippen LogP contribution < -0.4 is 5.32 Å². The lowest BCUT2D eigenvalue weighted by Gasteiger charge is -2.36. The molecule has 0 aliphatic rings. The number of rotatable bonds is 7. The first kappa shape index (κ1) is 17.7. The summed E-state index contributed by atoms with van der Waals surface area (Å²) in [6.45, 7) is 2.56. The van der Waals surface area contributed by atoms with Crippen LogP contribution in [0.25, 0.3) is 0 Å². The van der Waals surface area contributed by atoms with Gasteiger partial charge in [-0.3, -0.25) is 19.2 Å². The Hall–Kier alpha value is -0.270. The van der Waals surface area contributed by atoms with Crippen molar-refractivity contribution in [3.05, 3.63) is 0 Å². The standard InChI is InChI=1S/C7H17NO8P2/c1-3-5(6(9)10)8-7(4-2,17(11,12)13)18(14,15)16/h5,8H,3-4H2,1-2H3,(H,9,10)(H2,11,12,13)(H2,14,15,16). The summed E-state index contributed by atoms with van der Waals surface area (Å²) in [6.07, 6.45) is -0.706. The van der Waals surface area contributed by atoms with Crippen molar-refractivity contribution in [2.24, 2.45) is 0 Å². The molecular formula is C7H17NO8P2. The maximum Gasteiger partial charge on any atom is 0.357 e. The van der Waals surface area contributed by atoms with E-state index < -0.39 is 38.6 Å². The summed E-state index contributed by atoms with van der Waals surface area (Å²) >= 11 is 0. The highest BCUT2D eigenvalue weighted by Crippen LogP contribution is 2.69. The molecule has 0 rings (SSSR count). The number of carboxylic acids is 1. The fraction of sp³-hybridized carbons (Fsp3) is 0.857. The van der Waals surface area contributed by atoms with Gasteiger partial charge in [0.05, 0.1) is 0 Å². The molecule has 0 aromatic rings. The van der Waals surface area contributed by atoms with Crippen LogP contribution in [0.1, 0.15) is 26.7 Å². The minimum Gasteiger partial charge on any atom is -0.480 e. The van der Waals surface area contributed by atoms with Crippen molar-refractivity contribution in [3.8, 4) is 0 Å². The molecule has 0 radical (unpaired) electrons. The van der Waals surface area contributed by atoms with Crippen molar-refractivity contribution >= 4 is 21.2 Å². The van der Waals surface area contributed by atoms with E-state index in [1.807, 2.05) is 5.32 Å². The van der Waals surface area contributed by atoms with Crippen molar-refractivity contribution in [1.29, 1.82) is 0 Å². The molecular weight excluding hydrogens is 288 g/mol. The highest BCUT2D eigenvalue weighted by molar-refractivity contribution is 7.72. The van der Waals surface area contributed by atoms with E-state index >= 15 is 0 Å². The van der Waals surface area contributed by atoms with Gasteiger partial charge in [0.15, 0.2) is 0 Å². The second kappa shape index (κ2) is 5.79. The Kier molecular flexibility index (Phi) is 5.71. The predicted molar refractivity (Wildman–Crippen MR) is 62.0 cm³/mol. The van der Waals surface area contributed by atoms with Gasteiger partial charge in [0.1, 0.15) is 6.04 Å². The van der Waals surface area contributed by atoms with Crippen molar-refractivity contribution in [2.45, 2.75) is 37.8 Å². The zero-order chi connectivity index (χ0) is 14.8. The summed E-state index contributed by atoms with van der Waals surface area (Å²) in [7, 11) is -10.5. The quantitative estimate of drug-likeness (QED) is 0.351. The molecule has 0 heterocycles. The van der Waals surface area contributed by atoms with Gasteiger partial charge in [-0.15, -0.1) is 0 Å². The van der Waals surface area contributed by atoms with Gasteiger partial charge in [-0.2, -0.15) is 0 Å². The van der Waals surface area contributed by atoms with Crippen LogP contribution in [-0.2, 0) is 13.9 Å². The topological polar surface area (TPSA) is 164 Å². The number of nitrogens with one attached hydrogen (secondary N) is 1. The lowest BCUT2D eigenvalue weighted by Crippen LogP contribution is -2.52. The third kappa shape index (κ3) is 3.39. The second-order valence-electron chi connectivity index (χ2n) is 3.70. The Labute approximate surface area is 104 Å². The van der Waals surface area contributed by atoms with Gasteiger partial charge in [-0.05, 0) is 12.8 Å². The van der Waals surface area contributed by atoms with Gasteiger partial charge >= 0.3 is 21.2 Å². The van der Waals surface area contributed by atoms with Crippen LogP contribution in [-0.4, -0.2) is 41.7 Å². The van der Waals surface area contributed by atoms with Gasteiger partial charge in [0.25, 0.3) is 0 Å². The van der Waals surface area contributed by atoms with Gasteiger partial charge in [0, 0.05) is 0 Å². The van der Waals surface area contributed by atoms with Gasteiger partial charge < -0.3 is 24.7 Å². The summed E-state index contributed by atoms with van der Waals surface area (Å²) in [5, 5.41) is 7.84. The molecule has 108 valence electrons. The van der Waals surface area contributed by atoms with Crippen LogP contribution in [0, 0.1) is 0 Å². The Morgan fingerprint density at radius 1 is 1.17 bits per heavy atom. The average Bonchev–Trinajstić information content (AvgIpc) is 2.14. The van der Waals surface area contributed by atoms with E-state index in [0.29, 0.717) is 0 Å². The lowest BCUT2D eigenvalue weighted by atomic mass is 10.2. The van der Waals surface area contributed by atoms with Gasteiger partial charge in [-0.25, -0.2) is 0 Å². The first-order valence-corrected chi connectivity index (χ1v) is 8.27. The fourth-order valence-electron chi connectivity index (χ4n) is 1.47. The Morgan fingerprint density at radius 2 is 1.56 bits per heavy atom. The molecule has 0 aromatic heterocycles. The predicted octanol–water partition coefficient (Wildman–Crippen LogP) is -0.142. The zero-order valence-electron chi connectivity index (χ0n) is 9.85. The first-order valence-electron chi connectivity index (χ1n) is 5.04. The third-order valence-electron chi connectivity index (χ3n) is 2.57. The number of carboxylic acid groups (broad SMARTS) is 1. The number of hydrogen-bond acceptors (Lipinski definition) is 4. The van der Waals surface area contributed by atoms with E-state index in [1.54, 1.807) is 0 Å². The van der Waals surface area contributed by atoms with E-state index in [9.17, 15) is 13.9 Å². The maximum absolute atomic E-state index is 11.4. The normalized spacial score (nSPS) is 15.4. The fourth-order valence-corrected chi connectivity index (χ4v) is 4.30. The van der Waals surface area contributed by atoms with Crippen LogP contribution in [0.4, 0.5) is 0 Å². The van der Waals surface area contributed by atoms with E-state index in [4.69, 9.17) is 24.7 Å². The molecule has 0 fully saturated rings. The van der Waals surface area contributed by atoms with Gasteiger partial charge in [0.2, 0.25) is 5.02 Å². The molecule has 0 bridgehead atoms. The Balaban J connectivity index is 5.71. The van der Waals surface area contributed by atoms with Crippen molar-refractivity contribution in [3.63, 3.8) is 0 Å². The SMILES string of the molecule is CCC(NC(CC)(P(=O)(O)O)P(=O)(O)O)C(=O)O. The molecule has 0 saturated carbocycles. The van der Waals surface area contributed by atoms with E-state index in [2.05, 4.69) is 0 Å². The smallest absolute Gasteiger partial charge is 0.357 e. The molecule has 18 heavy (non-hydrogen) atoms.